The fourth-order valence-corrected chi connectivity index (χ4v) is 8.98. The van der Waals surface area contributed by atoms with Gasteiger partial charge in [-0.15, -0.1) is 21.5 Å². The Bertz CT molecular complexity index is 1040. The number of unbranched alkanes of at least 4 members (excludes halogenated alkanes) is 8. The summed E-state index contributed by atoms with van der Waals surface area (Å²) < 4.78 is 2.36. The molecule has 1 aliphatic carbocycles. The van der Waals surface area contributed by atoms with Crippen LogP contribution in [0.4, 0.5) is 5.95 Å². The molecule has 0 radical (unpaired) electrons. The Morgan fingerprint density at radius 1 is 0.944 bits per heavy atom. The number of anilines is 1. The summed E-state index contributed by atoms with van der Waals surface area (Å²) in [5.74, 6) is 3.91. The van der Waals surface area contributed by atoms with Gasteiger partial charge in [0.15, 0.2) is 16.5 Å². The Hall–Kier alpha value is -1.19. The Morgan fingerprint density at radius 3 is 2.42 bits per heavy atom. The molecule has 0 spiro atoms. The van der Waals surface area contributed by atoms with E-state index in [9.17, 15) is 0 Å². The minimum atomic E-state index is 0.0552. The Kier molecular flexibility index (Phi) is 9.22. The topological polar surface area (TPSA) is 58.3 Å². The van der Waals surface area contributed by atoms with E-state index in [0.717, 1.165) is 33.7 Å². The highest BCUT2D eigenvalue weighted by molar-refractivity contribution is 8.14. The van der Waals surface area contributed by atoms with Crippen molar-refractivity contribution in [3.05, 3.63) is 16.0 Å². The van der Waals surface area contributed by atoms with Crippen molar-refractivity contribution < 1.29 is 0 Å². The van der Waals surface area contributed by atoms with Crippen molar-refractivity contribution >= 4 is 46.0 Å². The van der Waals surface area contributed by atoms with Gasteiger partial charge in [-0.3, -0.25) is 10.3 Å². The molecular formula is C27H42N6S3. The average Bonchev–Trinajstić information content (AvgIpc) is 3.58. The minimum absolute atomic E-state index is 0.0552. The van der Waals surface area contributed by atoms with Crippen LogP contribution in [0.5, 0.6) is 0 Å². The third-order valence-corrected chi connectivity index (χ3v) is 10.9. The van der Waals surface area contributed by atoms with E-state index in [1.54, 1.807) is 10.4 Å². The third kappa shape index (κ3) is 5.48. The highest BCUT2D eigenvalue weighted by Crippen LogP contribution is 2.50. The van der Waals surface area contributed by atoms with Crippen LogP contribution in [-0.4, -0.2) is 31.4 Å². The Balaban J connectivity index is 1.37. The first-order chi connectivity index (χ1) is 17.7. The number of hydrogen-bond donors (Lipinski definition) is 1. The quantitative estimate of drug-likeness (QED) is 0.203. The van der Waals surface area contributed by atoms with Gasteiger partial charge in [0.2, 0.25) is 5.95 Å². The number of fused-ring (bicyclic) bond motifs is 8. The summed E-state index contributed by atoms with van der Waals surface area (Å²) >= 11 is 5.73. The molecule has 4 heterocycles. The number of rotatable bonds is 13. The second-order valence-electron chi connectivity index (χ2n) is 10.5. The van der Waals surface area contributed by atoms with E-state index in [4.69, 9.17) is 15.3 Å². The van der Waals surface area contributed by atoms with Crippen molar-refractivity contribution in [2.75, 3.05) is 16.4 Å². The van der Waals surface area contributed by atoms with Crippen molar-refractivity contribution in [1.29, 1.82) is 0 Å². The van der Waals surface area contributed by atoms with Gasteiger partial charge < -0.3 is 0 Å². The highest BCUT2D eigenvalue weighted by atomic mass is 32.2. The largest absolute Gasteiger partial charge is 0.280 e. The van der Waals surface area contributed by atoms with Crippen LogP contribution in [0.15, 0.2) is 10.3 Å². The van der Waals surface area contributed by atoms with Gasteiger partial charge in [0, 0.05) is 21.9 Å². The summed E-state index contributed by atoms with van der Waals surface area (Å²) in [6, 6.07) is 0. The van der Waals surface area contributed by atoms with E-state index in [1.165, 1.54) is 94.0 Å². The smallest absolute Gasteiger partial charge is 0.241 e. The molecule has 36 heavy (non-hydrogen) atoms. The average molecular weight is 547 g/mol. The molecule has 2 aromatic heterocycles. The lowest BCUT2D eigenvalue weighted by Crippen LogP contribution is -2.38. The molecule has 0 saturated carbocycles. The summed E-state index contributed by atoms with van der Waals surface area (Å²) in [6.07, 6.45) is 16.7. The number of amidine groups is 1. The van der Waals surface area contributed by atoms with Gasteiger partial charge in [-0.1, -0.05) is 95.7 Å². The van der Waals surface area contributed by atoms with Crippen LogP contribution in [0.1, 0.15) is 114 Å². The molecule has 0 saturated heterocycles. The number of hydrogen-bond acceptors (Lipinski definition) is 8. The monoisotopic (exact) mass is 546 g/mol. The maximum Gasteiger partial charge on any atom is 0.241 e. The highest BCUT2D eigenvalue weighted by Gasteiger charge is 2.44. The second kappa shape index (κ2) is 12.6. The Labute approximate surface area is 229 Å². The van der Waals surface area contributed by atoms with Crippen LogP contribution in [0, 0.1) is 5.92 Å². The molecule has 2 aromatic rings. The fourth-order valence-electron chi connectivity index (χ4n) is 5.47. The van der Waals surface area contributed by atoms with Crippen LogP contribution in [-0.2, 0) is 12.8 Å². The van der Waals surface area contributed by atoms with Gasteiger partial charge in [0.25, 0.3) is 0 Å². The van der Waals surface area contributed by atoms with Crippen molar-refractivity contribution in [2.45, 2.75) is 116 Å². The van der Waals surface area contributed by atoms with Gasteiger partial charge in [0.1, 0.15) is 5.00 Å². The zero-order valence-electron chi connectivity index (χ0n) is 22.2. The van der Waals surface area contributed by atoms with Crippen LogP contribution in [0.25, 0.3) is 5.00 Å². The van der Waals surface area contributed by atoms with E-state index in [1.807, 2.05) is 34.9 Å². The van der Waals surface area contributed by atoms with Gasteiger partial charge in [-0.05, 0) is 43.6 Å². The molecule has 2 aliphatic heterocycles. The molecule has 198 valence electrons. The lowest BCUT2D eigenvalue weighted by molar-refractivity contribution is 0.498. The predicted octanol–water partition coefficient (Wildman–Crippen LogP) is 7.91. The normalized spacial score (nSPS) is 20.0. The molecule has 9 heteroatoms. The zero-order valence-corrected chi connectivity index (χ0v) is 24.7. The standard InChI is InChI=1S/C27H42N6S3/c1-4-6-8-10-12-16-34-26-30-28-23-22-20-15-14-19(3)18-21(20)36-24(22)33-25(32(23)26)29-31-27(33)35-17-13-11-9-7-5-2/h19,23,28H,4-18H2,1-3H3/t19-,23?/m0/s1. The molecule has 6 nitrogen and oxygen atoms in total. The molecule has 0 aromatic carbocycles. The molecule has 0 amide bonds. The minimum Gasteiger partial charge on any atom is -0.280 e. The number of hydrazone groups is 1. The van der Waals surface area contributed by atoms with Gasteiger partial charge in [0.05, 0.1) is 0 Å². The molecule has 0 fully saturated rings. The van der Waals surface area contributed by atoms with Crippen LogP contribution in [0.2, 0.25) is 0 Å². The third-order valence-electron chi connectivity index (χ3n) is 7.55. The van der Waals surface area contributed by atoms with Gasteiger partial charge >= 0.3 is 0 Å². The molecular weight excluding hydrogens is 505 g/mol. The second-order valence-corrected chi connectivity index (χ2v) is 13.7. The van der Waals surface area contributed by atoms with Gasteiger partial charge in [-0.2, -0.15) is 5.10 Å². The van der Waals surface area contributed by atoms with Crippen molar-refractivity contribution in [3.63, 3.8) is 0 Å². The summed E-state index contributed by atoms with van der Waals surface area (Å²) in [5, 5.41) is 17.7. The first kappa shape index (κ1) is 26.4. The maximum absolute atomic E-state index is 4.84. The predicted molar refractivity (Wildman–Crippen MR) is 157 cm³/mol. The molecule has 1 unspecified atom stereocenters. The summed E-state index contributed by atoms with van der Waals surface area (Å²) in [6.45, 7) is 6.94. The van der Waals surface area contributed by atoms with Crippen molar-refractivity contribution in [1.82, 2.24) is 20.2 Å². The van der Waals surface area contributed by atoms with E-state index in [0.29, 0.717) is 0 Å². The molecule has 5 rings (SSSR count). The SMILES string of the molecule is CCCCCCCSC1=NNC2c3c(sc4c3CC[C@H](C)C4)-n3c(SCCCCCCC)nnc3N12. The lowest BCUT2D eigenvalue weighted by atomic mass is 9.87. The first-order valence-corrected chi connectivity index (χ1v) is 17.0. The summed E-state index contributed by atoms with van der Waals surface area (Å²) in [4.78, 5) is 3.90. The number of thioether (sulfide) groups is 2. The van der Waals surface area contributed by atoms with Crippen molar-refractivity contribution in [3.8, 4) is 5.00 Å². The van der Waals surface area contributed by atoms with E-state index >= 15 is 0 Å². The van der Waals surface area contributed by atoms with Crippen LogP contribution >= 0.6 is 34.9 Å². The Morgan fingerprint density at radius 2 is 1.67 bits per heavy atom. The van der Waals surface area contributed by atoms with E-state index in [-0.39, 0.29) is 6.17 Å². The first-order valence-electron chi connectivity index (χ1n) is 14.2. The fraction of sp³-hybridized carbons (Fsp3) is 0.741. The number of thiophene rings is 1. The zero-order chi connectivity index (χ0) is 24.9. The summed E-state index contributed by atoms with van der Waals surface area (Å²) in [7, 11) is 0. The van der Waals surface area contributed by atoms with Crippen molar-refractivity contribution in [2.24, 2.45) is 11.0 Å². The molecule has 2 atom stereocenters. The number of nitrogens with one attached hydrogen (secondary N) is 1. The molecule has 0 bridgehead atoms. The summed E-state index contributed by atoms with van der Waals surface area (Å²) in [5.41, 5.74) is 6.50. The number of aromatic nitrogens is 3. The van der Waals surface area contributed by atoms with Crippen LogP contribution < -0.4 is 10.3 Å². The van der Waals surface area contributed by atoms with Gasteiger partial charge in [-0.25, -0.2) is 4.57 Å². The maximum atomic E-state index is 4.84. The van der Waals surface area contributed by atoms with E-state index < -0.39 is 0 Å². The van der Waals surface area contributed by atoms with E-state index in [2.05, 4.69) is 35.7 Å². The lowest BCUT2D eigenvalue weighted by Gasteiger charge is -2.32. The molecule has 1 N–H and O–H groups in total. The van der Waals surface area contributed by atoms with Crippen LogP contribution in [0.3, 0.4) is 0 Å². The number of nitrogens with zero attached hydrogens (tertiary/aromatic N) is 5. The molecule has 3 aliphatic rings.